The summed E-state index contributed by atoms with van der Waals surface area (Å²) >= 11 is 11.6. The topological polar surface area (TPSA) is 53.4 Å². The quantitative estimate of drug-likeness (QED) is 0.825. The van der Waals surface area contributed by atoms with E-state index in [-0.39, 0.29) is 23.6 Å². The average Bonchev–Trinajstić information content (AvgIpc) is 2.60. The molecule has 1 aliphatic rings. The van der Waals surface area contributed by atoms with Gasteiger partial charge in [-0.15, -0.1) is 0 Å². The highest BCUT2D eigenvalue weighted by Crippen LogP contribution is 2.30. The molecule has 1 fully saturated rings. The van der Waals surface area contributed by atoms with E-state index < -0.39 is 0 Å². The van der Waals surface area contributed by atoms with Crippen LogP contribution in [-0.4, -0.2) is 29.1 Å². The predicted octanol–water partition coefficient (Wildman–Crippen LogP) is 1.73. The molecule has 0 aromatic carbocycles. The monoisotopic (exact) mass is 260 g/mol. The summed E-state index contributed by atoms with van der Waals surface area (Å²) in [4.78, 5) is 17.1. The van der Waals surface area contributed by atoms with Crippen LogP contribution in [0.2, 0.25) is 10.3 Å². The normalized spacial score (nSPS) is 20.6. The van der Waals surface area contributed by atoms with Gasteiger partial charge < -0.3 is 10.0 Å². The Balaban J connectivity index is 2.28. The summed E-state index contributed by atoms with van der Waals surface area (Å²) in [5.74, 6) is -0.0793. The van der Waals surface area contributed by atoms with Crippen molar-refractivity contribution < 1.29 is 9.90 Å². The summed E-state index contributed by atoms with van der Waals surface area (Å²) in [6.45, 7) is 0.471. The number of anilines is 1. The fraction of sp³-hybridized carbons (Fsp3) is 0.400. The Bertz CT molecular complexity index is 425. The molecule has 1 amide bonds. The number of amides is 1. The van der Waals surface area contributed by atoms with Gasteiger partial charge >= 0.3 is 0 Å². The van der Waals surface area contributed by atoms with Crippen LogP contribution in [0.5, 0.6) is 0 Å². The third-order valence-electron chi connectivity index (χ3n) is 2.55. The molecule has 1 aliphatic heterocycles. The summed E-state index contributed by atoms with van der Waals surface area (Å²) in [5.41, 5.74) is 0.548. The number of aliphatic hydroxyl groups is 1. The highest BCUT2D eigenvalue weighted by molar-refractivity contribution is 6.34. The van der Waals surface area contributed by atoms with Gasteiger partial charge in [-0.1, -0.05) is 23.2 Å². The predicted molar refractivity (Wildman–Crippen MR) is 61.8 cm³/mol. The van der Waals surface area contributed by atoms with Crippen LogP contribution in [0.4, 0.5) is 5.69 Å². The first-order valence-electron chi connectivity index (χ1n) is 4.85. The lowest BCUT2D eigenvalue weighted by atomic mass is 10.1. The van der Waals surface area contributed by atoms with Crippen molar-refractivity contribution in [2.24, 2.45) is 5.92 Å². The second kappa shape index (κ2) is 4.57. The van der Waals surface area contributed by atoms with Gasteiger partial charge in [0.1, 0.15) is 5.15 Å². The third kappa shape index (κ3) is 2.14. The van der Waals surface area contributed by atoms with Crippen molar-refractivity contribution in [2.45, 2.75) is 6.42 Å². The van der Waals surface area contributed by atoms with Crippen LogP contribution in [-0.2, 0) is 4.79 Å². The molecule has 1 aromatic heterocycles. The summed E-state index contributed by atoms with van der Waals surface area (Å²) in [6, 6.07) is 3.25. The smallest absolute Gasteiger partial charge is 0.227 e. The Labute approximate surface area is 103 Å². The molecule has 1 N–H and O–H groups in total. The zero-order chi connectivity index (χ0) is 11.7. The van der Waals surface area contributed by atoms with Crippen LogP contribution in [0.3, 0.4) is 0 Å². The molecule has 1 atom stereocenters. The maximum atomic E-state index is 11.7. The van der Waals surface area contributed by atoms with Gasteiger partial charge in [0.2, 0.25) is 5.91 Å². The highest BCUT2D eigenvalue weighted by atomic mass is 35.5. The van der Waals surface area contributed by atoms with Gasteiger partial charge in [-0.05, 0) is 12.1 Å². The molecular formula is C10H10Cl2N2O2. The summed E-state index contributed by atoms with van der Waals surface area (Å²) in [5, 5.41) is 9.51. The van der Waals surface area contributed by atoms with E-state index in [0.717, 1.165) is 0 Å². The van der Waals surface area contributed by atoms with Gasteiger partial charge in [-0.3, -0.25) is 4.79 Å². The lowest BCUT2D eigenvalue weighted by Gasteiger charge is -2.17. The Morgan fingerprint density at radius 1 is 1.50 bits per heavy atom. The first-order chi connectivity index (χ1) is 7.61. The van der Waals surface area contributed by atoms with Crippen LogP contribution >= 0.6 is 23.2 Å². The van der Waals surface area contributed by atoms with Crippen molar-refractivity contribution in [2.75, 3.05) is 18.1 Å². The van der Waals surface area contributed by atoms with Gasteiger partial charge in [0.05, 0.1) is 5.69 Å². The number of nitrogens with zero attached hydrogens (tertiary/aromatic N) is 2. The SMILES string of the molecule is O=C1CC(CO)CN1c1ccc(Cl)nc1Cl. The summed E-state index contributed by atoms with van der Waals surface area (Å²) in [6.07, 6.45) is 0.343. The molecular weight excluding hydrogens is 251 g/mol. The average molecular weight is 261 g/mol. The number of aromatic nitrogens is 1. The molecule has 1 aromatic rings. The van der Waals surface area contributed by atoms with Crippen LogP contribution in [0.1, 0.15) is 6.42 Å². The molecule has 6 heteroatoms. The van der Waals surface area contributed by atoms with E-state index in [1.54, 1.807) is 12.1 Å². The standard InChI is InChI=1S/C10H10Cl2N2O2/c11-8-2-1-7(10(12)13-8)14-4-6(5-15)3-9(14)16/h1-2,6,15H,3-5H2. The highest BCUT2D eigenvalue weighted by Gasteiger charge is 2.31. The fourth-order valence-corrected chi connectivity index (χ4v) is 2.19. The van der Waals surface area contributed by atoms with Gasteiger partial charge in [0.25, 0.3) is 0 Å². The van der Waals surface area contributed by atoms with E-state index in [9.17, 15) is 4.79 Å². The molecule has 0 spiro atoms. The van der Waals surface area contributed by atoms with Crippen LogP contribution in [0.15, 0.2) is 12.1 Å². The van der Waals surface area contributed by atoms with Crippen molar-refractivity contribution >= 4 is 34.8 Å². The van der Waals surface area contributed by atoms with Crippen LogP contribution in [0.25, 0.3) is 0 Å². The van der Waals surface area contributed by atoms with Crippen LogP contribution in [0, 0.1) is 5.92 Å². The number of hydrogen-bond donors (Lipinski definition) is 1. The second-order valence-electron chi connectivity index (χ2n) is 3.70. The summed E-state index contributed by atoms with van der Waals surface area (Å²) in [7, 11) is 0. The van der Waals surface area contributed by atoms with Gasteiger partial charge in [-0.25, -0.2) is 4.98 Å². The van der Waals surface area contributed by atoms with E-state index in [4.69, 9.17) is 28.3 Å². The molecule has 4 nitrogen and oxygen atoms in total. The molecule has 2 rings (SSSR count). The number of carbonyl (C=O) groups is 1. The van der Waals surface area contributed by atoms with Gasteiger partial charge in [-0.2, -0.15) is 0 Å². The maximum Gasteiger partial charge on any atom is 0.227 e. The number of pyridine rings is 1. The fourth-order valence-electron chi connectivity index (χ4n) is 1.74. The zero-order valence-corrected chi connectivity index (χ0v) is 9.87. The third-order valence-corrected chi connectivity index (χ3v) is 3.04. The molecule has 1 saturated heterocycles. The Kier molecular flexibility index (Phi) is 3.33. The molecule has 1 unspecified atom stereocenters. The van der Waals surface area contributed by atoms with Crippen molar-refractivity contribution in [3.63, 3.8) is 0 Å². The Hall–Kier alpha value is -0.840. The zero-order valence-electron chi connectivity index (χ0n) is 8.36. The molecule has 86 valence electrons. The molecule has 16 heavy (non-hydrogen) atoms. The van der Waals surface area contributed by atoms with Crippen molar-refractivity contribution in [1.29, 1.82) is 0 Å². The minimum absolute atomic E-state index is 0.000870. The largest absolute Gasteiger partial charge is 0.396 e. The molecule has 0 aliphatic carbocycles. The van der Waals surface area contributed by atoms with Crippen LogP contribution < -0.4 is 4.90 Å². The molecule has 0 radical (unpaired) electrons. The lowest BCUT2D eigenvalue weighted by molar-refractivity contribution is -0.117. The van der Waals surface area contributed by atoms with Gasteiger partial charge in [0.15, 0.2) is 5.15 Å². The van der Waals surface area contributed by atoms with E-state index in [1.807, 2.05) is 0 Å². The second-order valence-corrected chi connectivity index (χ2v) is 4.45. The van der Waals surface area contributed by atoms with Crippen molar-refractivity contribution in [3.8, 4) is 0 Å². The number of halogens is 2. The van der Waals surface area contributed by atoms with E-state index in [2.05, 4.69) is 4.98 Å². The first-order valence-corrected chi connectivity index (χ1v) is 5.60. The van der Waals surface area contributed by atoms with Gasteiger partial charge in [0, 0.05) is 25.5 Å². The van der Waals surface area contributed by atoms with E-state index >= 15 is 0 Å². The maximum absolute atomic E-state index is 11.7. The number of hydrogen-bond acceptors (Lipinski definition) is 3. The first kappa shape index (κ1) is 11.6. The van der Waals surface area contributed by atoms with Crippen molar-refractivity contribution in [3.05, 3.63) is 22.4 Å². The number of carbonyl (C=O) groups excluding carboxylic acids is 1. The Morgan fingerprint density at radius 3 is 2.81 bits per heavy atom. The lowest BCUT2D eigenvalue weighted by Crippen LogP contribution is -2.25. The van der Waals surface area contributed by atoms with E-state index in [1.165, 1.54) is 4.90 Å². The van der Waals surface area contributed by atoms with E-state index in [0.29, 0.717) is 23.8 Å². The van der Waals surface area contributed by atoms with Crippen molar-refractivity contribution in [1.82, 2.24) is 4.98 Å². The molecule has 0 saturated carbocycles. The summed E-state index contributed by atoms with van der Waals surface area (Å²) < 4.78 is 0. The number of rotatable bonds is 2. The number of aliphatic hydroxyl groups excluding tert-OH is 1. The Morgan fingerprint density at radius 2 is 2.25 bits per heavy atom. The molecule has 2 heterocycles. The molecule has 0 bridgehead atoms. The minimum atomic E-state index is -0.0509. The minimum Gasteiger partial charge on any atom is -0.396 e.